The molecule has 0 aliphatic carbocycles. The van der Waals surface area contributed by atoms with Gasteiger partial charge in [-0.1, -0.05) is 6.07 Å². The topological polar surface area (TPSA) is 30.9 Å². The molecule has 0 saturated carbocycles. The first-order valence-corrected chi connectivity index (χ1v) is 6.38. The highest BCUT2D eigenvalue weighted by molar-refractivity contribution is 5.82. The van der Waals surface area contributed by atoms with Crippen LogP contribution in [-0.4, -0.2) is 11.1 Å². The third kappa shape index (κ3) is 2.12. The number of alkyl halides is 3. The van der Waals surface area contributed by atoms with Crippen LogP contribution in [0.2, 0.25) is 0 Å². The van der Waals surface area contributed by atoms with Crippen LogP contribution in [0.3, 0.4) is 0 Å². The van der Waals surface area contributed by atoms with Crippen molar-refractivity contribution in [2.75, 3.05) is 6.54 Å². The molecule has 2 heterocycles. The SMILES string of the molecule is NCC1CCn2c(cc3ccc(C(F)(F)F)cc32)C1. The van der Waals surface area contributed by atoms with E-state index < -0.39 is 11.7 Å². The summed E-state index contributed by atoms with van der Waals surface area (Å²) < 4.78 is 40.2. The average Bonchev–Trinajstić information content (AvgIpc) is 2.73. The molecular weight excluding hydrogens is 253 g/mol. The molecule has 2 nitrogen and oxygen atoms in total. The van der Waals surface area contributed by atoms with E-state index in [0.29, 0.717) is 18.0 Å². The Balaban J connectivity index is 2.10. The van der Waals surface area contributed by atoms with Gasteiger partial charge in [0.2, 0.25) is 0 Å². The van der Waals surface area contributed by atoms with Crippen molar-refractivity contribution in [3.63, 3.8) is 0 Å². The molecular formula is C14H15F3N2. The Bertz CT molecular complexity index is 613. The maximum Gasteiger partial charge on any atom is 0.416 e. The number of hydrogen-bond donors (Lipinski definition) is 1. The maximum absolute atomic E-state index is 12.7. The van der Waals surface area contributed by atoms with Crippen molar-refractivity contribution in [2.24, 2.45) is 11.7 Å². The van der Waals surface area contributed by atoms with E-state index in [4.69, 9.17) is 5.73 Å². The Hall–Kier alpha value is -1.49. The van der Waals surface area contributed by atoms with Crippen LogP contribution in [0.25, 0.3) is 10.9 Å². The molecule has 2 N–H and O–H groups in total. The van der Waals surface area contributed by atoms with E-state index in [2.05, 4.69) is 0 Å². The molecule has 5 heteroatoms. The van der Waals surface area contributed by atoms with E-state index in [-0.39, 0.29) is 0 Å². The molecule has 0 amide bonds. The molecule has 0 bridgehead atoms. The zero-order chi connectivity index (χ0) is 13.6. The lowest BCUT2D eigenvalue weighted by atomic mass is 9.96. The Morgan fingerprint density at radius 1 is 1.26 bits per heavy atom. The van der Waals surface area contributed by atoms with Gasteiger partial charge < -0.3 is 10.3 Å². The molecule has 1 aromatic heterocycles. The van der Waals surface area contributed by atoms with E-state index in [1.807, 2.05) is 10.6 Å². The Labute approximate surface area is 109 Å². The summed E-state index contributed by atoms with van der Waals surface area (Å²) in [6.45, 7) is 1.39. The first kappa shape index (κ1) is 12.5. The highest BCUT2D eigenvalue weighted by Gasteiger charge is 2.31. The number of hydrogen-bond acceptors (Lipinski definition) is 1. The molecule has 1 aromatic carbocycles. The second-order valence-electron chi connectivity index (χ2n) is 5.15. The lowest BCUT2D eigenvalue weighted by Crippen LogP contribution is -2.24. The first-order chi connectivity index (χ1) is 8.99. The number of benzene rings is 1. The summed E-state index contributed by atoms with van der Waals surface area (Å²) in [5, 5.41) is 0.876. The summed E-state index contributed by atoms with van der Waals surface area (Å²) in [7, 11) is 0. The summed E-state index contributed by atoms with van der Waals surface area (Å²) in [6.07, 6.45) is -2.50. The van der Waals surface area contributed by atoms with Gasteiger partial charge in [0, 0.05) is 17.8 Å². The van der Waals surface area contributed by atoms with Crippen molar-refractivity contribution in [2.45, 2.75) is 25.6 Å². The van der Waals surface area contributed by atoms with E-state index in [0.717, 1.165) is 36.5 Å². The second kappa shape index (κ2) is 4.27. The molecule has 1 aliphatic rings. The van der Waals surface area contributed by atoms with Gasteiger partial charge in [0.05, 0.1) is 5.56 Å². The molecule has 1 atom stereocenters. The van der Waals surface area contributed by atoms with E-state index in [1.54, 1.807) is 6.07 Å². The number of fused-ring (bicyclic) bond motifs is 3. The predicted molar refractivity (Wildman–Crippen MR) is 67.8 cm³/mol. The molecule has 0 spiro atoms. The summed E-state index contributed by atoms with van der Waals surface area (Å²) in [4.78, 5) is 0. The van der Waals surface area contributed by atoms with Crippen LogP contribution in [0.4, 0.5) is 13.2 Å². The molecule has 0 saturated heterocycles. The Morgan fingerprint density at radius 2 is 2.05 bits per heavy atom. The minimum Gasteiger partial charge on any atom is -0.345 e. The predicted octanol–water partition coefficient (Wildman–Crippen LogP) is 3.18. The Morgan fingerprint density at radius 3 is 2.74 bits per heavy atom. The van der Waals surface area contributed by atoms with Gasteiger partial charge in [-0.25, -0.2) is 0 Å². The standard InChI is InChI=1S/C14H15F3N2/c15-14(16,17)11-2-1-10-6-12-5-9(8-18)3-4-19(12)13(10)7-11/h1-2,6-7,9H,3-5,8,18H2. The molecule has 0 fully saturated rings. The molecule has 0 radical (unpaired) electrons. The van der Waals surface area contributed by atoms with Gasteiger partial charge in [0.15, 0.2) is 0 Å². The van der Waals surface area contributed by atoms with Crippen LogP contribution in [0.5, 0.6) is 0 Å². The smallest absolute Gasteiger partial charge is 0.345 e. The summed E-state index contributed by atoms with van der Waals surface area (Å²) in [5.74, 6) is 0.443. The van der Waals surface area contributed by atoms with Crippen molar-refractivity contribution in [1.82, 2.24) is 4.57 Å². The highest BCUT2D eigenvalue weighted by atomic mass is 19.4. The quantitative estimate of drug-likeness (QED) is 0.846. The van der Waals surface area contributed by atoms with Crippen molar-refractivity contribution < 1.29 is 13.2 Å². The van der Waals surface area contributed by atoms with Gasteiger partial charge in [-0.2, -0.15) is 13.2 Å². The molecule has 102 valence electrons. The summed E-state index contributed by atoms with van der Waals surface area (Å²) in [5.41, 5.74) is 6.87. The highest BCUT2D eigenvalue weighted by Crippen LogP contribution is 2.34. The zero-order valence-electron chi connectivity index (χ0n) is 10.4. The van der Waals surface area contributed by atoms with Crippen LogP contribution in [0, 0.1) is 5.92 Å². The van der Waals surface area contributed by atoms with Crippen LogP contribution < -0.4 is 5.73 Å². The monoisotopic (exact) mass is 268 g/mol. The fraction of sp³-hybridized carbons (Fsp3) is 0.429. The zero-order valence-corrected chi connectivity index (χ0v) is 10.4. The average molecular weight is 268 g/mol. The van der Waals surface area contributed by atoms with E-state index >= 15 is 0 Å². The molecule has 3 rings (SSSR count). The summed E-state index contributed by atoms with van der Waals surface area (Å²) in [6, 6.07) is 5.94. The van der Waals surface area contributed by atoms with Crippen molar-refractivity contribution in [1.29, 1.82) is 0 Å². The van der Waals surface area contributed by atoms with Crippen molar-refractivity contribution in [3.05, 3.63) is 35.5 Å². The first-order valence-electron chi connectivity index (χ1n) is 6.38. The van der Waals surface area contributed by atoms with Gasteiger partial charge in [0.1, 0.15) is 0 Å². The number of nitrogens with zero attached hydrogens (tertiary/aromatic N) is 1. The van der Waals surface area contributed by atoms with Crippen LogP contribution in [0.1, 0.15) is 17.7 Å². The van der Waals surface area contributed by atoms with Crippen LogP contribution in [-0.2, 0) is 19.1 Å². The third-order valence-corrected chi connectivity index (χ3v) is 3.91. The minimum atomic E-state index is -4.28. The second-order valence-corrected chi connectivity index (χ2v) is 5.15. The Kier molecular flexibility index (Phi) is 2.82. The molecule has 1 aliphatic heterocycles. The van der Waals surface area contributed by atoms with Crippen LogP contribution >= 0.6 is 0 Å². The summed E-state index contributed by atoms with van der Waals surface area (Å²) >= 11 is 0. The lowest BCUT2D eigenvalue weighted by Gasteiger charge is -2.23. The number of aromatic nitrogens is 1. The fourth-order valence-electron chi connectivity index (χ4n) is 2.83. The number of halogens is 3. The normalized spacial score (nSPS) is 19.7. The van der Waals surface area contributed by atoms with Gasteiger partial charge in [0.25, 0.3) is 0 Å². The van der Waals surface area contributed by atoms with Gasteiger partial charge in [-0.05, 0) is 48.9 Å². The van der Waals surface area contributed by atoms with E-state index in [1.165, 1.54) is 6.07 Å². The fourth-order valence-corrected chi connectivity index (χ4v) is 2.83. The molecule has 1 unspecified atom stereocenters. The lowest BCUT2D eigenvalue weighted by molar-refractivity contribution is -0.137. The molecule has 2 aromatic rings. The van der Waals surface area contributed by atoms with Gasteiger partial charge >= 0.3 is 6.18 Å². The minimum absolute atomic E-state index is 0.443. The van der Waals surface area contributed by atoms with Crippen LogP contribution in [0.15, 0.2) is 24.3 Å². The van der Waals surface area contributed by atoms with Crippen molar-refractivity contribution in [3.8, 4) is 0 Å². The molecule has 19 heavy (non-hydrogen) atoms. The number of aryl methyl sites for hydroxylation is 1. The maximum atomic E-state index is 12.7. The largest absolute Gasteiger partial charge is 0.416 e. The third-order valence-electron chi connectivity index (χ3n) is 3.91. The number of rotatable bonds is 1. The number of nitrogens with two attached hydrogens (primary N) is 1. The van der Waals surface area contributed by atoms with Gasteiger partial charge in [-0.3, -0.25) is 0 Å². The van der Waals surface area contributed by atoms with E-state index in [9.17, 15) is 13.2 Å². The van der Waals surface area contributed by atoms with Gasteiger partial charge in [-0.15, -0.1) is 0 Å². The van der Waals surface area contributed by atoms with Crippen molar-refractivity contribution >= 4 is 10.9 Å².